The minimum atomic E-state index is -2.22. The molecule has 0 aliphatic rings. The minimum absolute atomic E-state index is 0.885. The van der Waals surface area contributed by atoms with Crippen LogP contribution in [0, 0.1) is 0 Å². The molecule has 0 unspecified atom stereocenters. The van der Waals surface area contributed by atoms with Gasteiger partial charge in [0.2, 0.25) is 0 Å². The summed E-state index contributed by atoms with van der Waals surface area (Å²) in [5.41, 5.74) is 0. The summed E-state index contributed by atoms with van der Waals surface area (Å²) in [7, 11) is 8.68. The summed E-state index contributed by atoms with van der Waals surface area (Å²) in [6, 6.07) is 0.885. The quantitative estimate of drug-likeness (QED) is 0.660. The van der Waals surface area contributed by atoms with Gasteiger partial charge >= 0.3 is 8.80 Å². The monoisotopic (exact) mass is 223 g/mol. The van der Waals surface area contributed by atoms with Crippen molar-refractivity contribution in [1.29, 1.82) is 0 Å². The van der Waals surface area contributed by atoms with Gasteiger partial charge in [0.1, 0.15) is 0 Å². The van der Waals surface area contributed by atoms with Crippen LogP contribution in [0.4, 0.5) is 0 Å². The Hall–Kier alpha value is 0.0569. The molecule has 0 N–H and O–H groups in total. The number of hydrogen-bond donors (Lipinski definition) is 0. The van der Waals surface area contributed by atoms with E-state index in [2.05, 4.69) is 6.92 Å². The lowest BCUT2D eigenvalue weighted by Gasteiger charge is -2.23. The van der Waals surface area contributed by atoms with Crippen LogP contribution in [-0.2, 0) is 13.3 Å². The molecule has 0 radical (unpaired) electrons. The molecule has 0 aromatic rings. The average molecular weight is 223 g/mol. The van der Waals surface area contributed by atoms with Crippen LogP contribution in [0.2, 0.25) is 6.04 Å². The van der Waals surface area contributed by atoms with Crippen molar-refractivity contribution < 1.29 is 13.3 Å². The van der Waals surface area contributed by atoms with Crippen molar-refractivity contribution in [2.24, 2.45) is 0 Å². The second kappa shape index (κ2) is 9.61. The highest BCUT2D eigenvalue weighted by Crippen LogP contribution is 2.13. The Morgan fingerprint density at radius 1 is 0.929 bits per heavy atom. The van der Waals surface area contributed by atoms with Gasteiger partial charge in [0, 0.05) is 27.4 Å². The van der Waals surface area contributed by atoms with Gasteiger partial charge in [-0.3, -0.25) is 0 Å². The molecule has 0 bridgehead atoms. The van der Waals surface area contributed by atoms with E-state index in [-0.39, 0.29) is 0 Å². The third-order valence-corrected chi connectivity index (χ3v) is 4.47. The highest BCUT2D eigenvalue weighted by molar-refractivity contribution is 6.60. The molecule has 4 nitrogen and oxygen atoms in total. The van der Waals surface area contributed by atoms with Crippen LogP contribution in [0.5, 0.6) is 0 Å². The van der Waals surface area contributed by atoms with E-state index in [0.29, 0.717) is 0 Å². The van der Waals surface area contributed by atoms with Crippen molar-refractivity contribution in [3.8, 4) is 0 Å². The van der Waals surface area contributed by atoms with Crippen LogP contribution < -0.4 is 0 Å². The van der Waals surface area contributed by atoms with Gasteiger partial charge in [-0.15, -0.1) is 0 Å². The fourth-order valence-electron chi connectivity index (χ4n) is 0.862. The topological polar surface area (TPSA) is 30.9 Å². The van der Waals surface area contributed by atoms with Gasteiger partial charge in [0.15, 0.2) is 0 Å². The zero-order valence-electron chi connectivity index (χ0n) is 10.6. The molecule has 0 spiro atoms. The molecule has 0 aliphatic heterocycles. The predicted molar refractivity (Wildman–Crippen MR) is 61.5 cm³/mol. The van der Waals surface area contributed by atoms with E-state index >= 15 is 0 Å². The van der Waals surface area contributed by atoms with Crippen molar-refractivity contribution >= 4 is 8.80 Å². The first-order valence-corrected chi connectivity index (χ1v) is 6.67. The van der Waals surface area contributed by atoms with Crippen molar-refractivity contribution in [2.45, 2.75) is 19.4 Å². The van der Waals surface area contributed by atoms with Gasteiger partial charge in [0.25, 0.3) is 0 Å². The van der Waals surface area contributed by atoms with Gasteiger partial charge in [-0.25, -0.2) is 0 Å². The fourth-order valence-corrected chi connectivity index (χ4v) is 2.59. The zero-order valence-corrected chi connectivity index (χ0v) is 11.6. The molecule has 0 heterocycles. The van der Waals surface area contributed by atoms with E-state index in [0.717, 1.165) is 12.5 Å². The third-order valence-electron chi connectivity index (χ3n) is 1.49. The number of nitrogens with zero attached hydrogens (tertiary/aromatic N) is 1. The number of rotatable bonds is 5. The van der Waals surface area contributed by atoms with Gasteiger partial charge in [-0.1, -0.05) is 13.3 Å². The largest absolute Gasteiger partial charge is 0.500 e. The molecule has 0 atom stereocenters. The Morgan fingerprint density at radius 3 is 1.29 bits per heavy atom. The molecule has 14 heavy (non-hydrogen) atoms. The Kier molecular flexibility index (Phi) is 11.3. The first kappa shape index (κ1) is 16.5. The Morgan fingerprint density at radius 2 is 1.21 bits per heavy atom. The smallest absolute Gasteiger partial charge is 0.377 e. The first-order chi connectivity index (χ1) is 6.47. The zero-order chi connectivity index (χ0) is 11.6. The van der Waals surface area contributed by atoms with Crippen LogP contribution >= 0.6 is 0 Å². The molecular formula is C9H25NO3Si. The molecule has 0 aliphatic carbocycles. The molecule has 5 heteroatoms. The molecule has 0 saturated heterocycles. The maximum absolute atomic E-state index is 5.17. The fraction of sp³-hybridized carbons (Fsp3) is 1.00. The summed E-state index contributed by atoms with van der Waals surface area (Å²) in [6.45, 7) is 2.08. The van der Waals surface area contributed by atoms with E-state index in [9.17, 15) is 0 Å². The van der Waals surface area contributed by atoms with Gasteiger partial charge in [-0.05, 0) is 21.1 Å². The van der Waals surface area contributed by atoms with Crippen molar-refractivity contribution in [1.82, 2.24) is 4.90 Å². The van der Waals surface area contributed by atoms with Crippen LogP contribution in [0.1, 0.15) is 13.3 Å². The standard InChI is InChI=1S/C6H16O3Si.C3H9N/c1-5-6-10(7-2,8-3)9-4;1-4(2)3/h5-6H2,1-4H3;1-3H3. The average Bonchev–Trinajstić information content (AvgIpc) is 2.14. The van der Waals surface area contributed by atoms with Gasteiger partial charge < -0.3 is 18.2 Å². The van der Waals surface area contributed by atoms with E-state index < -0.39 is 8.80 Å². The first-order valence-electron chi connectivity index (χ1n) is 4.74. The number of hydrogen-bond acceptors (Lipinski definition) is 4. The summed E-state index contributed by atoms with van der Waals surface area (Å²) >= 11 is 0. The van der Waals surface area contributed by atoms with Crippen molar-refractivity contribution in [2.75, 3.05) is 42.5 Å². The highest BCUT2D eigenvalue weighted by atomic mass is 28.4. The summed E-state index contributed by atoms with van der Waals surface area (Å²) in [4.78, 5) is 2.00. The molecular weight excluding hydrogens is 198 g/mol. The molecule has 0 amide bonds. The predicted octanol–water partition coefficient (Wildman–Crippen LogP) is 1.45. The van der Waals surface area contributed by atoms with Crippen LogP contribution in [0.25, 0.3) is 0 Å². The molecule has 0 rings (SSSR count). The minimum Gasteiger partial charge on any atom is -0.377 e. The molecule has 0 aromatic heterocycles. The molecule has 88 valence electrons. The van der Waals surface area contributed by atoms with Crippen LogP contribution in [0.15, 0.2) is 0 Å². The molecule has 0 fully saturated rings. The summed E-state index contributed by atoms with van der Waals surface area (Å²) < 4.78 is 15.5. The maximum Gasteiger partial charge on any atom is 0.500 e. The lowest BCUT2D eigenvalue weighted by Crippen LogP contribution is -2.42. The summed E-state index contributed by atoms with van der Waals surface area (Å²) in [6.07, 6.45) is 1.03. The SMILES string of the molecule is CCC[Si](OC)(OC)OC.CN(C)C. The Labute approximate surface area is 89.5 Å². The lowest BCUT2D eigenvalue weighted by molar-refractivity contribution is 0.123. The maximum atomic E-state index is 5.17. The molecule has 0 aromatic carbocycles. The van der Waals surface area contributed by atoms with Gasteiger partial charge in [-0.2, -0.15) is 0 Å². The Balaban J connectivity index is 0. The van der Waals surface area contributed by atoms with Crippen LogP contribution in [-0.4, -0.2) is 56.2 Å². The Bertz CT molecular complexity index is 108. The van der Waals surface area contributed by atoms with Gasteiger partial charge in [0.05, 0.1) is 0 Å². The normalized spacial score (nSPS) is 11.1. The highest BCUT2D eigenvalue weighted by Gasteiger charge is 2.36. The van der Waals surface area contributed by atoms with Crippen molar-refractivity contribution in [3.05, 3.63) is 0 Å². The van der Waals surface area contributed by atoms with E-state index in [1.165, 1.54) is 0 Å². The van der Waals surface area contributed by atoms with E-state index in [1.807, 2.05) is 26.0 Å². The van der Waals surface area contributed by atoms with Crippen molar-refractivity contribution in [3.63, 3.8) is 0 Å². The lowest BCUT2D eigenvalue weighted by atomic mass is 10.6. The molecule has 0 saturated carbocycles. The second-order valence-electron chi connectivity index (χ2n) is 3.39. The van der Waals surface area contributed by atoms with E-state index in [4.69, 9.17) is 13.3 Å². The third kappa shape index (κ3) is 8.65. The summed E-state index contributed by atoms with van der Waals surface area (Å²) in [5.74, 6) is 0. The second-order valence-corrected chi connectivity index (χ2v) is 6.48. The van der Waals surface area contributed by atoms with Crippen LogP contribution in [0.3, 0.4) is 0 Å². The van der Waals surface area contributed by atoms with E-state index in [1.54, 1.807) is 21.3 Å². The summed E-state index contributed by atoms with van der Waals surface area (Å²) in [5, 5.41) is 0.